The van der Waals surface area contributed by atoms with Gasteiger partial charge in [0.05, 0.1) is 12.2 Å². The molecule has 5 heteroatoms. The van der Waals surface area contributed by atoms with E-state index in [2.05, 4.69) is 33.3 Å². The second kappa shape index (κ2) is 6.70. The highest BCUT2D eigenvalue weighted by Crippen LogP contribution is 2.19. The van der Waals surface area contributed by atoms with Crippen molar-refractivity contribution in [2.24, 2.45) is 0 Å². The summed E-state index contributed by atoms with van der Waals surface area (Å²) in [5.74, 6) is 1.00. The van der Waals surface area contributed by atoms with Crippen molar-refractivity contribution in [3.05, 3.63) is 17.5 Å². The van der Waals surface area contributed by atoms with Gasteiger partial charge in [0.2, 0.25) is 0 Å². The maximum atomic E-state index is 5.45. The highest BCUT2D eigenvalue weighted by molar-refractivity contribution is 5.06. The van der Waals surface area contributed by atoms with Crippen molar-refractivity contribution in [1.82, 2.24) is 20.3 Å². The Morgan fingerprint density at radius 3 is 2.70 bits per heavy atom. The van der Waals surface area contributed by atoms with Gasteiger partial charge in [-0.3, -0.25) is 4.90 Å². The second-order valence-corrected chi connectivity index (χ2v) is 6.06. The molecule has 0 aromatic carbocycles. The minimum Gasteiger partial charge on any atom is -0.360 e. The Hall–Kier alpha value is -0.910. The van der Waals surface area contributed by atoms with Crippen molar-refractivity contribution in [2.45, 2.75) is 45.3 Å². The van der Waals surface area contributed by atoms with Crippen LogP contribution in [0, 0.1) is 0 Å². The van der Waals surface area contributed by atoms with Crippen molar-refractivity contribution in [2.75, 3.05) is 32.7 Å². The zero-order valence-electron chi connectivity index (χ0n) is 12.5. The highest BCUT2D eigenvalue weighted by Gasteiger charge is 2.21. The quantitative estimate of drug-likeness (QED) is 0.818. The molecule has 1 saturated heterocycles. The van der Waals surface area contributed by atoms with Crippen LogP contribution in [0.5, 0.6) is 0 Å². The van der Waals surface area contributed by atoms with Crippen LogP contribution in [0.2, 0.25) is 0 Å². The Kier molecular flexibility index (Phi) is 4.70. The number of hydrogen-bond acceptors (Lipinski definition) is 5. The Labute approximate surface area is 121 Å². The molecular formula is C15H26N4O. The minimum atomic E-state index is 0.724. The molecule has 0 amide bonds. The van der Waals surface area contributed by atoms with Gasteiger partial charge in [-0.15, -0.1) is 0 Å². The molecule has 0 atom stereocenters. The molecule has 3 rings (SSSR count). The average Bonchev–Trinajstić information content (AvgIpc) is 3.19. The number of rotatable bonds is 7. The van der Waals surface area contributed by atoms with Crippen LogP contribution in [0.4, 0.5) is 0 Å². The van der Waals surface area contributed by atoms with Crippen LogP contribution >= 0.6 is 0 Å². The van der Waals surface area contributed by atoms with E-state index in [1.807, 2.05) is 0 Å². The molecule has 1 N–H and O–H groups in total. The lowest BCUT2D eigenvalue weighted by Gasteiger charge is -2.33. The first kappa shape index (κ1) is 14.0. The van der Waals surface area contributed by atoms with Crippen LogP contribution in [0.15, 0.2) is 10.6 Å². The second-order valence-electron chi connectivity index (χ2n) is 6.06. The summed E-state index contributed by atoms with van der Waals surface area (Å²) in [6.07, 6.45) is 3.87. The summed E-state index contributed by atoms with van der Waals surface area (Å²) in [6, 6.07) is 2.83. The molecule has 5 nitrogen and oxygen atoms in total. The summed E-state index contributed by atoms with van der Waals surface area (Å²) in [4.78, 5) is 5.01. The van der Waals surface area contributed by atoms with E-state index in [-0.39, 0.29) is 0 Å². The standard InChI is InChI=1S/C15H26N4O/c1-2-5-18-6-8-19(9-7-18)12-15-10-14(17-20-15)11-16-13-3-4-13/h10,13,16H,2-9,11-12H2,1H3. The van der Waals surface area contributed by atoms with Crippen LogP contribution in [0.3, 0.4) is 0 Å². The molecule has 1 aromatic heterocycles. The first-order chi connectivity index (χ1) is 9.83. The fourth-order valence-electron chi connectivity index (χ4n) is 2.76. The van der Waals surface area contributed by atoms with E-state index in [9.17, 15) is 0 Å². The largest absolute Gasteiger partial charge is 0.360 e. The molecule has 0 bridgehead atoms. The van der Waals surface area contributed by atoms with Crippen molar-refractivity contribution in [1.29, 1.82) is 0 Å². The van der Waals surface area contributed by atoms with Crippen molar-refractivity contribution in [3.63, 3.8) is 0 Å². The summed E-state index contributed by atoms with van der Waals surface area (Å²) in [5.41, 5.74) is 1.04. The van der Waals surface area contributed by atoms with Gasteiger partial charge in [-0.25, -0.2) is 0 Å². The number of piperazine rings is 1. The number of aromatic nitrogens is 1. The summed E-state index contributed by atoms with van der Waals surface area (Å²) >= 11 is 0. The van der Waals surface area contributed by atoms with Crippen LogP contribution in [0.1, 0.15) is 37.6 Å². The zero-order chi connectivity index (χ0) is 13.8. The lowest BCUT2D eigenvalue weighted by atomic mass is 10.2. The van der Waals surface area contributed by atoms with Gasteiger partial charge in [-0.05, 0) is 25.8 Å². The molecule has 1 saturated carbocycles. The van der Waals surface area contributed by atoms with Crippen LogP contribution in [-0.2, 0) is 13.1 Å². The van der Waals surface area contributed by atoms with Crippen molar-refractivity contribution in [3.8, 4) is 0 Å². The van der Waals surface area contributed by atoms with Crippen LogP contribution < -0.4 is 5.32 Å². The normalized spacial score (nSPS) is 21.4. The zero-order valence-corrected chi connectivity index (χ0v) is 12.5. The summed E-state index contributed by atoms with van der Waals surface area (Å²) < 4.78 is 5.45. The lowest BCUT2D eigenvalue weighted by molar-refractivity contribution is 0.118. The molecule has 2 aliphatic rings. The third kappa shape index (κ3) is 4.04. The molecule has 1 aliphatic carbocycles. The molecule has 0 radical (unpaired) electrons. The predicted octanol–water partition coefficient (Wildman–Crippen LogP) is 1.45. The summed E-state index contributed by atoms with van der Waals surface area (Å²) in [7, 11) is 0. The van der Waals surface area contributed by atoms with Crippen molar-refractivity contribution >= 4 is 0 Å². The van der Waals surface area contributed by atoms with Gasteiger partial charge in [0.15, 0.2) is 5.76 Å². The first-order valence-corrected chi connectivity index (χ1v) is 7.96. The van der Waals surface area contributed by atoms with E-state index in [1.165, 1.54) is 38.9 Å². The summed E-state index contributed by atoms with van der Waals surface area (Å²) in [6.45, 7) is 9.85. The third-order valence-electron chi connectivity index (χ3n) is 4.14. The van der Waals surface area contributed by atoms with Gasteiger partial charge in [0, 0.05) is 44.8 Å². The molecule has 0 spiro atoms. The fraction of sp³-hybridized carbons (Fsp3) is 0.800. The van der Waals surface area contributed by atoms with Crippen LogP contribution in [-0.4, -0.2) is 53.7 Å². The Morgan fingerprint density at radius 2 is 2.00 bits per heavy atom. The highest BCUT2D eigenvalue weighted by atomic mass is 16.5. The molecule has 2 heterocycles. The predicted molar refractivity (Wildman–Crippen MR) is 78.4 cm³/mol. The van der Waals surface area contributed by atoms with Gasteiger partial charge in [0.1, 0.15) is 0 Å². The topological polar surface area (TPSA) is 44.5 Å². The molecule has 112 valence electrons. The van der Waals surface area contributed by atoms with E-state index in [4.69, 9.17) is 4.52 Å². The average molecular weight is 278 g/mol. The lowest BCUT2D eigenvalue weighted by Crippen LogP contribution is -2.45. The molecule has 0 unspecified atom stereocenters. The SMILES string of the molecule is CCCN1CCN(Cc2cc(CNC3CC3)no2)CC1. The molecular weight excluding hydrogens is 252 g/mol. The van der Waals surface area contributed by atoms with Gasteiger partial charge >= 0.3 is 0 Å². The molecule has 1 aromatic rings. The van der Waals surface area contributed by atoms with E-state index < -0.39 is 0 Å². The smallest absolute Gasteiger partial charge is 0.151 e. The van der Waals surface area contributed by atoms with Gasteiger partial charge in [0.25, 0.3) is 0 Å². The van der Waals surface area contributed by atoms with Gasteiger partial charge < -0.3 is 14.7 Å². The van der Waals surface area contributed by atoms with Crippen molar-refractivity contribution < 1.29 is 4.52 Å². The van der Waals surface area contributed by atoms with Gasteiger partial charge in [-0.1, -0.05) is 12.1 Å². The summed E-state index contributed by atoms with van der Waals surface area (Å²) in [5, 5.41) is 7.62. The molecule has 1 aliphatic heterocycles. The fourth-order valence-corrected chi connectivity index (χ4v) is 2.76. The number of nitrogens with one attached hydrogen (secondary N) is 1. The first-order valence-electron chi connectivity index (χ1n) is 7.96. The Morgan fingerprint density at radius 1 is 1.25 bits per heavy atom. The maximum absolute atomic E-state index is 5.45. The van der Waals surface area contributed by atoms with E-state index >= 15 is 0 Å². The van der Waals surface area contributed by atoms with Crippen LogP contribution in [0.25, 0.3) is 0 Å². The van der Waals surface area contributed by atoms with Gasteiger partial charge in [-0.2, -0.15) is 0 Å². The Balaban J connectivity index is 1.41. The third-order valence-corrected chi connectivity index (χ3v) is 4.14. The molecule has 20 heavy (non-hydrogen) atoms. The van der Waals surface area contributed by atoms with E-state index in [1.54, 1.807) is 0 Å². The minimum absolute atomic E-state index is 0.724. The maximum Gasteiger partial charge on any atom is 0.151 e. The monoisotopic (exact) mass is 278 g/mol. The number of nitrogens with zero attached hydrogens (tertiary/aromatic N) is 3. The molecule has 2 fully saturated rings. The Bertz CT molecular complexity index is 408. The number of hydrogen-bond donors (Lipinski definition) is 1. The van der Waals surface area contributed by atoms with E-state index in [0.717, 1.165) is 43.7 Å². The van der Waals surface area contributed by atoms with E-state index in [0.29, 0.717) is 0 Å².